The number of anilines is 6. The summed E-state index contributed by atoms with van der Waals surface area (Å²) in [4.78, 5) is 14.9. The van der Waals surface area contributed by atoms with E-state index >= 15 is 0 Å². The Morgan fingerprint density at radius 2 is 0.679 bits per heavy atom. The molecule has 2 aromatic heterocycles. The molecule has 0 saturated carbocycles. The summed E-state index contributed by atoms with van der Waals surface area (Å²) < 4.78 is 2.41. The Balaban J connectivity index is 0.848. The van der Waals surface area contributed by atoms with Crippen molar-refractivity contribution < 1.29 is 0 Å². The minimum absolute atomic E-state index is 0.718. The van der Waals surface area contributed by atoms with Crippen LogP contribution in [0.25, 0.3) is 83.6 Å². The summed E-state index contributed by atoms with van der Waals surface area (Å²) in [5.74, 6) is 0.718. The highest BCUT2D eigenvalue weighted by Crippen LogP contribution is 2.43. The van der Waals surface area contributed by atoms with Crippen LogP contribution in [0.2, 0.25) is 0 Å². The maximum absolute atomic E-state index is 5.13. The zero-order valence-electron chi connectivity index (χ0n) is 43.8. The Morgan fingerprint density at radius 3 is 1.13 bits per heavy atom. The lowest BCUT2D eigenvalue weighted by Crippen LogP contribution is -2.09. The standard InChI is InChI=1S/C73H55N5/c1-50-24-28-56(29-25-50)69-49-70(75-73(74-69)57-30-26-51(2)27-31-57)58-38-43-66(52(3)46-58)55-34-32-53(33-35-55)54-36-39-63(40-37-54)78-71-44-41-64(76(59-16-8-4-9-17-59)60-18-10-5-11-19-60)47-67(71)68-48-65(42-45-72(68)78)77(61-20-12-6-13-21-61)62-22-14-7-15-23-62/h4-49H,1-3H3. The van der Waals surface area contributed by atoms with Gasteiger partial charge in [0.1, 0.15) is 0 Å². The lowest BCUT2D eigenvalue weighted by Gasteiger charge is -2.26. The molecule has 0 aliphatic heterocycles. The summed E-state index contributed by atoms with van der Waals surface area (Å²) >= 11 is 0. The number of hydrogen-bond acceptors (Lipinski definition) is 4. The number of hydrogen-bond donors (Lipinski definition) is 0. The van der Waals surface area contributed by atoms with Crippen molar-refractivity contribution in [2.75, 3.05) is 9.80 Å². The van der Waals surface area contributed by atoms with Gasteiger partial charge in [0, 0.05) is 67.3 Å². The molecule has 0 fully saturated rings. The van der Waals surface area contributed by atoms with Crippen LogP contribution in [0.15, 0.2) is 279 Å². The summed E-state index contributed by atoms with van der Waals surface area (Å²) in [6.45, 7) is 6.40. The van der Waals surface area contributed by atoms with Gasteiger partial charge in [-0.25, -0.2) is 9.97 Å². The van der Waals surface area contributed by atoms with Crippen LogP contribution in [0.3, 0.4) is 0 Å². The Labute approximate surface area is 456 Å². The van der Waals surface area contributed by atoms with Crippen molar-refractivity contribution in [1.29, 1.82) is 0 Å². The Kier molecular flexibility index (Phi) is 12.5. The first-order valence-electron chi connectivity index (χ1n) is 26.6. The highest BCUT2D eigenvalue weighted by Gasteiger charge is 2.21. The van der Waals surface area contributed by atoms with E-state index in [1.54, 1.807) is 0 Å². The molecule has 13 rings (SSSR count). The van der Waals surface area contributed by atoms with Crippen LogP contribution in [0.4, 0.5) is 34.1 Å². The molecule has 0 atom stereocenters. The van der Waals surface area contributed by atoms with E-state index in [0.717, 1.165) is 95.9 Å². The first kappa shape index (κ1) is 47.6. The second-order valence-corrected chi connectivity index (χ2v) is 20.1. The fourth-order valence-electron chi connectivity index (χ4n) is 10.8. The third kappa shape index (κ3) is 9.29. The van der Waals surface area contributed by atoms with Gasteiger partial charge >= 0.3 is 0 Å². The van der Waals surface area contributed by atoms with Gasteiger partial charge in [0.2, 0.25) is 0 Å². The summed E-state index contributed by atoms with van der Waals surface area (Å²) in [6.07, 6.45) is 0. The Morgan fingerprint density at radius 1 is 0.295 bits per heavy atom. The monoisotopic (exact) mass is 1000 g/mol. The third-order valence-corrected chi connectivity index (χ3v) is 14.9. The molecule has 2 heterocycles. The van der Waals surface area contributed by atoms with Crippen molar-refractivity contribution in [1.82, 2.24) is 14.5 Å². The molecule has 0 N–H and O–H groups in total. The van der Waals surface area contributed by atoms with Crippen molar-refractivity contribution in [3.8, 4) is 61.8 Å². The van der Waals surface area contributed by atoms with E-state index in [9.17, 15) is 0 Å². The lowest BCUT2D eigenvalue weighted by molar-refractivity contribution is 1.18. The molecule has 0 amide bonds. The highest BCUT2D eigenvalue weighted by atomic mass is 15.1. The van der Waals surface area contributed by atoms with Crippen LogP contribution in [0, 0.1) is 20.8 Å². The second-order valence-electron chi connectivity index (χ2n) is 20.1. The maximum atomic E-state index is 5.13. The van der Waals surface area contributed by atoms with Gasteiger partial charge in [-0.15, -0.1) is 0 Å². The number of rotatable bonds is 12. The van der Waals surface area contributed by atoms with Crippen molar-refractivity contribution in [3.05, 3.63) is 296 Å². The normalized spacial score (nSPS) is 11.3. The van der Waals surface area contributed by atoms with Gasteiger partial charge in [-0.05, 0) is 158 Å². The van der Waals surface area contributed by atoms with Crippen LogP contribution in [0.5, 0.6) is 0 Å². The summed E-state index contributed by atoms with van der Waals surface area (Å²) in [7, 11) is 0. The molecule has 78 heavy (non-hydrogen) atoms. The molecule has 5 heteroatoms. The molecular formula is C73H55N5. The molecule has 0 radical (unpaired) electrons. The van der Waals surface area contributed by atoms with Crippen LogP contribution < -0.4 is 9.80 Å². The van der Waals surface area contributed by atoms with E-state index in [0.29, 0.717) is 0 Å². The maximum Gasteiger partial charge on any atom is 0.160 e. The average Bonchev–Trinajstić information content (AvgIpc) is 3.96. The van der Waals surface area contributed by atoms with Crippen molar-refractivity contribution >= 4 is 55.9 Å². The first-order valence-corrected chi connectivity index (χ1v) is 26.6. The van der Waals surface area contributed by atoms with E-state index in [1.807, 2.05) is 0 Å². The number of benzene rings is 11. The Hall–Kier alpha value is -10.1. The fraction of sp³-hybridized carbons (Fsp3) is 0.0411. The predicted molar refractivity (Wildman–Crippen MR) is 327 cm³/mol. The van der Waals surface area contributed by atoms with E-state index in [4.69, 9.17) is 9.97 Å². The molecule has 0 spiro atoms. The van der Waals surface area contributed by atoms with Crippen LogP contribution in [-0.2, 0) is 0 Å². The zero-order chi connectivity index (χ0) is 52.5. The zero-order valence-corrected chi connectivity index (χ0v) is 43.8. The second kappa shape index (κ2) is 20.6. The quantitative estimate of drug-likeness (QED) is 0.122. The van der Waals surface area contributed by atoms with Gasteiger partial charge in [0.05, 0.1) is 22.4 Å². The van der Waals surface area contributed by atoms with Gasteiger partial charge in [-0.2, -0.15) is 0 Å². The number of nitrogens with zero attached hydrogens (tertiary/aromatic N) is 5. The largest absolute Gasteiger partial charge is 0.310 e. The van der Waals surface area contributed by atoms with Gasteiger partial charge in [-0.3, -0.25) is 0 Å². The molecule has 372 valence electrons. The van der Waals surface area contributed by atoms with Gasteiger partial charge < -0.3 is 14.4 Å². The molecule has 5 nitrogen and oxygen atoms in total. The van der Waals surface area contributed by atoms with Crippen LogP contribution in [0.1, 0.15) is 16.7 Å². The van der Waals surface area contributed by atoms with E-state index < -0.39 is 0 Å². The van der Waals surface area contributed by atoms with Crippen molar-refractivity contribution in [3.63, 3.8) is 0 Å². The predicted octanol–water partition coefficient (Wildman–Crippen LogP) is 19.8. The average molecular weight is 1000 g/mol. The third-order valence-electron chi connectivity index (χ3n) is 14.9. The van der Waals surface area contributed by atoms with E-state index in [-0.39, 0.29) is 0 Å². The molecule has 0 bridgehead atoms. The number of aromatic nitrogens is 3. The molecule has 11 aromatic carbocycles. The summed E-state index contributed by atoms with van der Waals surface area (Å²) in [5, 5.41) is 2.34. The van der Waals surface area contributed by atoms with Crippen LogP contribution in [-0.4, -0.2) is 14.5 Å². The summed E-state index contributed by atoms with van der Waals surface area (Å²) in [6, 6.07) is 100. The fourth-order valence-corrected chi connectivity index (χ4v) is 10.8. The van der Waals surface area contributed by atoms with Gasteiger partial charge in [-0.1, -0.05) is 181 Å². The molecule has 0 aliphatic carbocycles. The molecule has 13 aromatic rings. The lowest BCUT2D eigenvalue weighted by atomic mass is 9.95. The SMILES string of the molecule is Cc1ccc(-c2cc(-c3ccc(-c4ccc(-c5ccc(-n6c7ccc(N(c8ccccc8)c8ccccc8)cc7c7cc(N(c8ccccc8)c8ccccc8)ccc76)cc5)cc4)c(C)c3)nc(-c3ccc(C)cc3)n2)cc1. The van der Waals surface area contributed by atoms with E-state index in [2.05, 4.69) is 314 Å². The minimum atomic E-state index is 0.718. The molecular weight excluding hydrogens is 947 g/mol. The molecule has 0 unspecified atom stereocenters. The topological polar surface area (TPSA) is 37.2 Å². The number of fused-ring (bicyclic) bond motifs is 3. The smallest absolute Gasteiger partial charge is 0.160 e. The molecule has 0 aliphatic rings. The summed E-state index contributed by atoms with van der Waals surface area (Å²) in [5.41, 5.74) is 23.2. The van der Waals surface area contributed by atoms with Gasteiger partial charge in [0.25, 0.3) is 0 Å². The highest BCUT2D eigenvalue weighted by molar-refractivity contribution is 6.12. The number of para-hydroxylation sites is 4. The molecule has 0 saturated heterocycles. The van der Waals surface area contributed by atoms with Crippen molar-refractivity contribution in [2.24, 2.45) is 0 Å². The van der Waals surface area contributed by atoms with Crippen molar-refractivity contribution in [2.45, 2.75) is 20.8 Å². The van der Waals surface area contributed by atoms with Crippen LogP contribution >= 0.6 is 0 Å². The Bertz CT molecular complexity index is 3950. The van der Waals surface area contributed by atoms with E-state index in [1.165, 1.54) is 38.6 Å². The number of aryl methyl sites for hydroxylation is 3. The van der Waals surface area contributed by atoms with Gasteiger partial charge in [0.15, 0.2) is 5.82 Å². The minimum Gasteiger partial charge on any atom is -0.310 e. The first-order chi connectivity index (χ1) is 38.4.